The fraction of sp³-hybridized carbons (Fsp3) is 0.824. The highest BCUT2D eigenvalue weighted by Gasteiger charge is 2.23. The molecule has 1 saturated heterocycles. The Morgan fingerprint density at radius 2 is 1.76 bits per heavy atom. The van der Waals surface area contributed by atoms with Crippen molar-refractivity contribution >= 4 is 17.9 Å². The van der Waals surface area contributed by atoms with E-state index in [-0.39, 0.29) is 31.4 Å². The maximum Gasteiger partial charge on any atom is 0.407 e. The molecule has 0 aromatic heterocycles. The molecule has 1 aliphatic rings. The molecule has 0 atom stereocenters. The van der Waals surface area contributed by atoms with E-state index in [9.17, 15) is 14.4 Å². The summed E-state index contributed by atoms with van der Waals surface area (Å²) in [4.78, 5) is 36.8. The molecule has 0 radical (unpaired) electrons. The van der Waals surface area contributed by atoms with Gasteiger partial charge in [0.1, 0.15) is 12.2 Å². The summed E-state index contributed by atoms with van der Waals surface area (Å²) in [6, 6.07) is 0. The number of nitrogens with one attached hydrogen (secondary N) is 2. The number of ether oxygens (including phenoxy) is 2. The third-order valence-electron chi connectivity index (χ3n) is 3.84. The molecule has 3 amide bonds. The first-order valence-corrected chi connectivity index (χ1v) is 8.71. The fourth-order valence-electron chi connectivity index (χ4n) is 2.54. The van der Waals surface area contributed by atoms with Gasteiger partial charge in [-0.2, -0.15) is 0 Å². The molecule has 2 N–H and O–H groups in total. The Bertz CT molecular complexity index is 454. The second-order valence-electron chi connectivity index (χ2n) is 7.24. The van der Waals surface area contributed by atoms with Crippen molar-refractivity contribution in [2.24, 2.45) is 5.92 Å². The number of hydrogen-bond acceptors (Lipinski definition) is 5. The molecule has 1 aliphatic heterocycles. The maximum atomic E-state index is 11.8. The number of rotatable bonds is 7. The summed E-state index contributed by atoms with van der Waals surface area (Å²) in [6.45, 7) is 7.70. The molecule has 0 aliphatic carbocycles. The Hall–Kier alpha value is -1.83. The van der Waals surface area contributed by atoms with E-state index >= 15 is 0 Å². The molecule has 0 aromatic rings. The second kappa shape index (κ2) is 10.2. The Labute approximate surface area is 149 Å². The van der Waals surface area contributed by atoms with Crippen molar-refractivity contribution in [3.05, 3.63) is 0 Å². The molecule has 25 heavy (non-hydrogen) atoms. The van der Waals surface area contributed by atoms with Gasteiger partial charge in [0.2, 0.25) is 11.8 Å². The number of likely N-dealkylation sites (tertiary alicyclic amines) is 1. The SMILES string of the molecule is COCC(=O)N1CCC(CNC(=O)CCNC(=O)OC(C)(C)C)CC1. The number of carbonyl (C=O) groups is 3. The number of piperidine rings is 1. The molecular formula is C17H31N3O5. The number of amides is 3. The van der Waals surface area contributed by atoms with Crippen molar-refractivity contribution in [3.8, 4) is 0 Å². The number of alkyl carbamates (subject to hydrolysis) is 1. The van der Waals surface area contributed by atoms with Gasteiger partial charge in [0.05, 0.1) is 0 Å². The molecule has 1 rings (SSSR count). The Morgan fingerprint density at radius 1 is 1.12 bits per heavy atom. The Balaban J connectivity index is 2.13. The van der Waals surface area contributed by atoms with E-state index in [1.807, 2.05) is 0 Å². The Kier molecular flexibility index (Phi) is 8.68. The molecule has 0 bridgehead atoms. The third kappa shape index (κ3) is 9.28. The molecule has 0 saturated carbocycles. The lowest BCUT2D eigenvalue weighted by molar-refractivity contribution is -0.136. The van der Waals surface area contributed by atoms with Gasteiger partial charge < -0.3 is 25.0 Å². The van der Waals surface area contributed by atoms with E-state index in [0.717, 1.165) is 12.8 Å². The van der Waals surface area contributed by atoms with Crippen LogP contribution in [-0.4, -0.2) is 68.3 Å². The zero-order valence-corrected chi connectivity index (χ0v) is 15.7. The van der Waals surface area contributed by atoms with Crippen LogP contribution >= 0.6 is 0 Å². The minimum atomic E-state index is -0.550. The summed E-state index contributed by atoms with van der Waals surface area (Å²) in [6.07, 6.45) is 1.43. The van der Waals surface area contributed by atoms with Gasteiger partial charge in [-0.15, -0.1) is 0 Å². The third-order valence-corrected chi connectivity index (χ3v) is 3.84. The van der Waals surface area contributed by atoms with Crippen LogP contribution in [0.4, 0.5) is 4.79 Å². The highest BCUT2D eigenvalue weighted by atomic mass is 16.6. The van der Waals surface area contributed by atoms with Crippen LogP contribution in [0.2, 0.25) is 0 Å². The number of nitrogens with zero attached hydrogens (tertiary/aromatic N) is 1. The summed E-state index contributed by atoms with van der Waals surface area (Å²) >= 11 is 0. The Morgan fingerprint density at radius 3 is 2.32 bits per heavy atom. The lowest BCUT2D eigenvalue weighted by Gasteiger charge is -2.32. The largest absolute Gasteiger partial charge is 0.444 e. The summed E-state index contributed by atoms with van der Waals surface area (Å²) in [5.41, 5.74) is -0.550. The van der Waals surface area contributed by atoms with Crippen molar-refractivity contribution in [1.82, 2.24) is 15.5 Å². The minimum Gasteiger partial charge on any atom is -0.444 e. The van der Waals surface area contributed by atoms with Gasteiger partial charge in [0.25, 0.3) is 0 Å². The average molecular weight is 357 g/mol. The summed E-state index contributed by atoms with van der Waals surface area (Å²) in [7, 11) is 1.51. The molecule has 1 fully saturated rings. The van der Waals surface area contributed by atoms with Crippen LogP contribution < -0.4 is 10.6 Å². The highest BCUT2D eigenvalue weighted by Crippen LogP contribution is 2.16. The van der Waals surface area contributed by atoms with Crippen LogP contribution in [-0.2, 0) is 19.1 Å². The van der Waals surface area contributed by atoms with Gasteiger partial charge in [0.15, 0.2) is 0 Å². The molecule has 0 aromatic carbocycles. The average Bonchev–Trinajstić information content (AvgIpc) is 2.52. The predicted molar refractivity (Wildman–Crippen MR) is 93.0 cm³/mol. The number of carbonyl (C=O) groups excluding carboxylic acids is 3. The van der Waals surface area contributed by atoms with Crippen LogP contribution in [0.15, 0.2) is 0 Å². The van der Waals surface area contributed by atoms with Gasteiger partial charge in [-0.25, -0.2) is 4.79 Å². The highest BCUT2D eigenvalue weighted by molar-refractivity contribution is 5.78. The fourth-order valence-corrected chi connectivity index (χ4v) is 2.54. The second-order valence-corrected chi connectivity index (χ2v) is 7.24. The monoisotopic (exact) mass is 357 g/mol. The van der Waals surface area contributed by atoms with Crippen LogP contribution in [0, 0.1) is 5.92 Å². The molecule has 0 unspecified atom stereocenters. The van der Waals surface area contributed by atoms with Crippen LogP contribution in [0.1, 0.15) is 40.0 Å². The molecular weight excluding hydrogens is 326 g/mol. The lowest BCUT2D eigenvalue weighted by Crippen LogP contribution is -2.43. The van der Waals surface area contributed by atoms with E-state index in [1.165, 1.54) is 7.11 Å². The standard InChI is InChI=1S/C17H31N3O5/c1-17(2,3)25-16(23)18-8-5-14(21)19-11-13-6-9-20(10-7-13)15(22)12-24-4/h13H,5-12H2,1-4H3,(H,18,23)(H,19,21). The topological polar surface area (TPSA) is 97.0 Å². The molecule has 8 heteroatoms. The zero-order valence-electron chi connectivity index (χ0n) is 15.7. The van der Waals surface area contributed by atoms with Crippen LogP contribution in [0.25, 0.3) is 0 Å². The lowest BCUT2D eigenvalue weighted by atomic mass is 9.96. The van der Waals surface area contributed by atoms with Gasteiger partial charge >= 0.3 is 6.09 Å². The smallest absolute Gasteiger partial charge is 0.407 e. The first-order chi connectivity index (χ1) is 11.7. The van der Waals surface area contributed by atoms with Gasteiger partial charge in [-0.1, -0.05) is 0 Å². The van der Waals surface area contributed by atoms with E-state index < -0.39 is 11.7 Å². The molecule has 144 valence electrons. The molecule has 0 spiro atoms. The van der Waals surface area contributed by atoms with Gasteiger partial charge in [-0.05, 0) is 39.5 Å². The van der Waals surface area contributed by atoms with Crippen molar-refractivity contribution in [2.75, 3.05) is 39.9 Å². The van der Waals surface area contributed by atoms with Crippen molar-refractivity contribution in [1.29, 1.82) is 0 Å². The van der Waals surface area contributed by atoms with Crippen LogP contribution in [0.3, 0.4) is 0 Å². The summed E-state index contributed by atoms with van der Waals surface area (Å²) in [5, 5.41) is 5.44. The minimum absolute atomic E-state index is 0.0122. The first-order valence-electron chi connectivity index (χ1n) is 8.71. The van der Waals surface area contributed by atoms with Gasteiger partial charge in [-0.3, -0.25) is 9.59 Å². The normalized spacial score (nSPS) is 15.6. The molecule has 1 heterocycles. The summed E-state index contributed by atoms with van der Waals surface area (Å²) < 4.78 is 9.96. The number of hydrogen-bond donors (Lipinski definition) is 2. The van der Waals surface area contributed by atoms with Gasteiger partial charge in [0, 0.05) is 39.7 Å². The van der Waals surface area contributed by atoms with E-state index in [2.05, 4.69) is 10.6 Å². The van der Waals surface area contributed by atoms with Crippen molar-refractivity contribution < 1.29 is 23.9 Å². The van der Waals surface area contributed by atoms with E-state index in [0.29, 0.717) is 25.6 Å². The maximum absolute atomic E-state index is 11.8. The van der Waals surface area contributed by atoms with Crippen molar-refractivity contribution in [2.45, 2.75) is 45.6 Å². The van der Waals surface area contributed by atoms with E-state index in [1.54, 1.807) is 25.7 Å². The van der Waals surface area contributed by atoms with Crippen molar-refractivity contribution in [3.63, 3.8) is 0 Å². The molecule has 8 nitrogen and oxygen atoms in total. The summed E-state index contributed by atoms with van der Waals surface area (Å²) in [5.74, 6) is 0.279. The number of methoxy groups -OCH3 is 1. The predicted octanol–water partition coefficient (Wildman–Crippen LogP) is 0.902. The zero-order chi connectivity index (χ0) is 18.9. The quantitative estimate of drug-likeness (QED) is 0.706. The van der Waals surface area contributed by atoms with E-state index in [4.69, 9.17) is 9.47 Å². The van der Waals surface area contributed by atoms with Crippen LogP contribution in [0.5, 0.6) is 0 Å². The first kappa shape index (κ1) is 21.2.